The Balaban J connectivity index is 1.65. The monoisotopic (exact) mass is 329 g/mol. The molecule has 0 bridgehead atoms. The zero-order valence-corrected chi connectivity index (χ0v) is 14.5. The number of nitrogens with zero attached hydrogens (tertiary/aromatic N) is 2. The van der Waals surface area contributed by atoms with E-state index >= 15 is 0 Å². The van der Waals surface area contributed by atoms with E-state index in [0.717, 1.165) is 42.2 Å². The van der Waals surface area contributed by atoms with Gasteiger partial charge in [-0.25, -0.2) is 4.98 Å². The summed E-state index contributed by atoms with van der Waals surface area (Å²) >= 11 is 1.61. The molecule has 1 aromatic carbocycles. The fourth-order valence-electron chi connectivity index (χ4n) is 2.86. The van der Waals surface area contributed by atoms with Gasteiger partial charge in [-0.2, -0.15) is 0 Å². The van der Waals surface area contributed by atoms with Gasteiger partial charge in [0, 0.05) is 30.6 Å². The molecular weight excluding hydrogens is 306 g/mol. The lowest BCUT2D eigenvalue weighted by molar-refractivity contribution is -0.130. The second kappa shape index (κ2) is 7.23. The summed E-state index contributed by atoms with van der Waals surface area (Å²) in [5.74, 6) is 0.150. The maximum Gasteiger partial charge on any atom is 0.228 e. The summed E-state index contributed by atoms with van der Waals surface area (Å²) in [5.41, 5.74) is 3.32. The molecule has 0 spiro atoms. The molecule has 5 heteroatoms. The van der Waals surface area contributed by atoms with Crippen molar-refractivity contribution in [3.63, 3.8) is 0 Å². The van der Waals surface area contributed by atoms with Crippen molar-refractivity contribution in [2.45, 2.75) is 32.2 Å². The molecule has 0 aliphatic carbocycles. The number of amides is 1. The molecule has 3 rings (SSSR count). The Morgan fingerprint density at radius 2 is 2.17 bits per heavy atom. The Labute approximate surface area is 141 Å². The number of benzene rings is 1. The number of hydrogen-bond donors (Lipinski definition) is 1. The van der Waals surface area contributed by atoms with Crippen LogP contribution in [-0.4, -0.2) is 42.0 Å². The molecule has 1 aliphatic heterocycles. The quantitative estimate of drug-likeness (QED) is 0.917. The van der Waals surface area contributed by atoms with Crippen LogP contribution in [0.3, 0.4) is 0 Å². The third-order valence-electron chi connectivity index (χ3n) is 4.47. The Kier molecular flexibility index (Phi) is 5.08. The molecule has 23 heavy (non-hydrogen) atoms. The van der Waals surface area contributed by atoms with E-state index in [-0.39, 0.29) is 5.91 Å². The smallest absolute Gasteiger partial charge is 0.228 e. The van der Waals surface area contributed by atoms with Crippen molar-refractivity contribution in [2.75, 3.05) is 20.1 Å². The number of nitrogens with one attached hydrogen (secondary N) is 1. The third kappa shape index (κ3) is 3.79. The van der Waals surface area contributed by atoms with E-state index in [4.69, 9.17) is 0 Å². The van der Waals surface area contributed by atoms with Crippen molar-refractivity contribution in [3.8, 4) is 10.6 Å². The van der Waals surface area contributed by atoms with Crippen LogP contribution >= 0.6 is 11.3 Å². The average Bonchev–Trinajstić information content (AvgIpc) is 3.26. The molecule has 2 heterocycles. The second-order valence-electron chi connectivity index (χ2n) is 6.02. The summed E-state index contributed by atoms with van der Waals surface area (Å²) in [6.07, 6.45) is 2.46. The van der Waals surface area contributed by atoms with Gasteiger partial charge in [-0.15, -0.1) is 11.3 Å². The van der Waals surface area contributed by atoms with Gasteiger partial charge >= 0.3 is 0 Å². The molecule has 1 unspecified atom stereocenters. The van der Waals surface area contributed by atoms with Crippen LogP contribution in [0.15, 0.2) is 29.6 Å². The summed E-state index contributed by atoms with van der Waals surface area (Å²) in [6, 6.07) is 8.83. The lowest BCUT2D eigenvalue weighted by atomic mass is 10.1. The van der Waals surface area contributed by atoms with Crippen LogP contribution in [0.4, 0.5) is 0 Å². The van der Waals surface area contributed by atoms with E-state index in [0.29, 0.717) is 12.5 Å². The van der Waals surface area contributed by atoms with Crippen molar-refractivity contribution in [3.05, 3.63) is 40.9 Å². The normalized spacial score (nSPS) is 17.4. The van der Waals surface area contributed by atoms with Gasteiger partial charge in [0.15, 0.2) is 0 Å². The number of likely N-dealkylation sites (N-methyl/N-ethyl adjacent to an activating group) is 1. The molecule has 2 aromatic rings. The number of carbonyl (C=O) groups excluding carboxylic acids is 1. The highest BCUT2D eigenvalue weighted by Crippen LogP contribution is 2.24. The van der Waals surface area contributed by atoms with Crippen molar-refractivity contribution in [1.29, 1.82) is 0 Å². The lowest BCUT2D eigenvalue weighted by Crippen LogP contribution is -2.39. The number of aromatic nitrogens is 1. The van der Waals surface area contributed by atoms with Crippen LogP contribution in [-0.2, 0) is 17.6 Å². The van der Waals surface area contributed by atoms with Gasteiger partial charge < -0.3 is 10.2 Å². The lowest BCUT2D eigenvalue weighted by Gasteiger charge is -2.23. The second-order valence-corrected chi connectivity index (χ2v) is 6.88. The van der Waals surface area contributed by atoms with Gasteiger partial charge in [-0.1, -0.05) is 31.2 Å². The Bertz CT molecular complexity index is 659. The van der Waals surface area contributed by atoms with E-state index in [9.17, 15) is 4.79 Å². The van der Waals surface area contributed by atoms with E-state index in [2.05, 4.69) is 41.5 Å². The maximum absolute atomic E-state index is 12.4. The van der Waals surface area contributed by atoms with Gasteiger partial charge in [-0.3, -0.25) is 4.79 Å². The summed E-state index contributed by atoms with van der Waals surface area (Å²) in [7, 11) is 1.90. The minimum Gasteiger partial charge on any atom is -0.341 e. The largest absolute Gasteiger partial charge is 0.341 e. The topological polar surface area (TPSA) is 45.2 Å². The summed E-state index contributed by atoms with van der Waals surface area (Å²) in [6.45, 7) is 4.05. The van der Waals surface area contributed by atoms with Crippen molar-refractivity contribution >= 4 is 17.2 Å². The van der Waals surface area contributed by atoms with E-state index < -0.39 is 0 Å². The first-order valence-corrected chi connectivity index (χ1v) is 9.05. The van der Waals surface area contributed by atoms with Gasteiger partial charge in [0.05, 0.1) is 12.1 Å². The van der Waals surface area contributed by atoms with E-state index in [1.165, 1.54) is 5.56 Å². The molecule has 1 atom stereocenters. The zero-order chi connectivity index (χ0) is 16.2. The highest BCUT2D eigenvalue weighted by atomic mass is 32.1. The minimum atomic E-state index is 0.150. The van der Waals surface area contributed by atoms with Crippen molar-refractivity contribution in [2.24, 2.45) is 0 Å². The number of aryl methyl sites for hydroxylation is 1. The summed E-state index contributed by atoms with van der Waals surface area (Å²) in [4.78, 5) is 18.9. The number of rotatable bonds is 5. The van der Waals surface area contributed by atoms with Crippen molar-refractivity contribution < 1.29 is 4.79 Å². The Morgan fingerprint density at radius 3 is 2.83 bits per heavy atom. The number of carbonyl (C=O) groups is 1. The highest BCUT2D eigenvalue weighted by Gasteiger charge is 2.23. The summed E-state index contributed by atoms with van der Waals surface area (Å²) in [5, 5.41) is 6.29. The predicted octanol–water partition coefficient (Wildman–Crippen LogP) is 2.74. The van der Waals surface area contributed by atoms with Crippen LogP contribution < -0.4 is 5.32 Å². The van der Waals surface area contributed by atoms with E-state index in [1.54, 1.807) is 11.3 Å². The standard InChI is InChI=1S/C18H23N3OS/c1-3-13-4-6-14(7-5-13)18-20-15(12-23-18)10-17(22)21(2)16-8-9-19-11-16/h4-7,12,16,19H,3,8-11H2,1-2H3. The SMILES string of the molecule is CCc1ccc(-c2nc(CC(=O)N(C)C3CCNC3)cs2)cc1. The molecule has 4 nitrogen and oxygen atoms in total. The summed E-state index contributed by atoms with van der Waals surface area (Å²) < 4.78 is 0. The zero-order valence-electron chi connectivity index (χ0n) is 13.7. The molecule has 122 valence electrons. The molecule has 1 aromatic heterocycles. The average molecular weight is 329 g/mol. The Hall–Kier alpha value is -1.72. The fourth-order valence-corrected chi connectivity index (χ4v) is 3.68. The number of thiazole rings is 1. The molecule has 1 fully saturated rings. The van der Waals surface area contributed by atoms with Crippen LogP contribution in [0.2, 0.25) is 0 Å². The highest BCUT2D eigenvalue weighted by molar-refractivity contribution is 7.13. The van der Waals surface area contributed by atoms with Crippen LogP contribution in [0.25, 0.3) is 10.6 Å². The van der Waals surface area contributed by atoms with Gasteiger partial charge in [0.25, 0.3) is 0 Å². The van der Waals surface area contributed by atoms with Crippen LogP contribution in [0.1, 0.15) is 24.6 Å². The van der Waals surface area contributed by atoms with Crippen molar-refractivity contribution in [1.82, 2.24) is 15.2 Å². The predicted molar refractivity (Wildman–Crippen MR) is 94.7 cm³/mol. The van der Waals surface area contributed by atoms with Gasteiger partial charge in [-0.05, 0) is 24.9 Å². The first kappa shape index (κ1) is 16.1. The Morgan fingerprint density at radius 1 is 1.39 bits per heavy atom. The van der Waals surface area contributed by atoms with Crippen LogP contribution in [0.5, 0.6) is 0 Å². The third-order valence-corrected chi connectivity index (χ3v) is 5.41. The van der Waals surface area contributed by atoms with E-state index in [1.807, 2.05) is 17.3 Å². The first-order valence-electron chi connectivity index (χ1n) is 8.17. The fraction of sp³-hybridized carbons (Fsp3) is 0.444. The molecule has 1 amide bonds. The molecule has 1 N–H and O–H groups in total. The molecule has 0 radical (unpaired) electrons. The van der Waals surface area contributed by atoms with Gasteiger partial charge in [0.2, 0.25) is 5.91 Å². The molecule has 0 saturated carbocycles. The van der Waals surface area contributed by atoms with Gasteiger partial charge in [0.1, 0.15) is 5.01 Å². The molecule has 1 saturated heterocycles. The first-order chi connectivity index (χ1) is 11.2. The number of hydrogen-bond acceptors (Lipinski definition) is 4. The molecule has 1 aliphatic rings. The minimum absolute atomic E-state index is 0.150. The van der Waals surface area contributed by atoms with Crippen LogP contribution in [0, 0.1) is 0 Å². The molecular formula is C18H23N3OS. The maximum atomic E-state index is 12.4.